The van der Waals surface area contributed by atoms with E-state index in [0.29, 0.717) is 23.9 Å². The maximum atomic E-state index is 12.8. The van der Waals surface area contributed by atoms with Crippen LogP contribution in [0.4, 0.5) is 0 Å². The van der Waals surface area contributed by atoms with Crippen LogP contribution in [-0.2, 0) is 7.05 Å². The number of carbonyl (C=O) groups is 1. The van der Waals surface area contributed by atoms with E-state index in [-0.39, 0.29) is 5.91 Å². The van der Waals surface area contributed by atoms with Gasteiger partial charge in [-0.2, -0.15) is 0 Å². The van der Waals surface area contributed by atoms with Crippen molar-refractivity contribution in [3.05, 3.63) is 18.2 Å². The van der Waals surface area contributed by atoms with Crippen molar-refractivity contribution in [3.63, 3.8) is 0 Å². The number of aromatic nitrogens is 2. The number of piperidine rings is 1. The molecule has 5 nitrogen and oxygen atoms in total. The van der Waals surface area contributed by atoms with E-state index < -0.39 is 0 Å². The topological polar surface area (TPSA) is 50.2 Å². The number of carbonyl (C=O) groups excluding carboxylic acids is 1. The quantitative estimate of drug-likeness (QED) is 0.908. The average Bonchev–Trinajstić information content (AvgIpc) is 3.01. The van der Waals surface area contributed by atoms with E-state index in [1.807, 2.05) is 17.8 Å². The molecular weight excluding hydrogens is 252 g/mol. The predicted octanol–water partition coefficient (Wildman–Crippen LogP) is 1.56. The van der Waals surface area contributed by atoms with Crippen molar-refractivity contribution in [1.82, 2.24) is 19.8 Å². The van der Waals surface area contributed by atoms with Crippen molar-refractivity contribution < 1.29 is 4.79 Å². The first-order chi connectivity index (χ1) is 9.69. The molecule has 2 aliphatic heterocycles. The third-order valence-electron chi connectivity index (χ3n) is 4.63. The fourth-order valence-electron chi connectivity index (χ4n) is 3.67. The average molecular weight is 276 g/mol. The van der Waals surface area contributed by atoms with Crippen LogP contribution in [0.2, 0.25) is 0 Å². The van der Waals surface area contributed by atoms with E-state index in [2.05, 4.69) is 22.1 Å². The van der Waals surface area contributed by atoms with Crippen LogP contribution in [0.1, 0.15) is 49.6 Å². The third-order valence-corrected chi connectivity index (χ3v) is 4.63. The highest BCUT2D eigenvalue weighted by molar-refractivity contribution is 5.91. The zero-order valence-electron chi connectivity index (χ0n) is 12.4. The first-order valence-electron chi connectivity index (χ1n) is 7.73. The Morgan fingerprint density at radius 2 is 2.15 bits per heavy atom. The number of nitrogens with zero attached hydrogens (tertiary/aromatic N) is 3. The molecule has 0 spiro atoms. The summed E-state index contributed by atoms with van der Waals surface area (Å²) in [4.78, 5) is 19.1. The van der Waals surface area contributed by atoms with Gasteiger partial charge in [0.05, 0.1) is 0 Å². The summed E-state index contributed by atoms with van der Waals surface area (Å²) in [5.41, 5.74) is 0. The van der Waals surface area contributed by atoms with Gasteiger partial charge in [-0.05, 0) is 32.1 Å². The smallest absolute Gasteiger partial charge is 0.290 e. The molecule has 2 bridgehead atoms. The van der Waals surface area contributed by atoms with Gasteiger partial charge >= 0.3 is 0 Å². The molecule has 2 unspecified atom stereocenters. The first-order valence-corrected chi connectivity index (χ1v) is 7.73. The summed E-state index contributed by atoms with van der Waals surface area (Å²) in [6.07, 6.45) is 9.23. The maximum Gasteiger partial charge on any atom is 0.290 e. The maximum absolute atomic E-state index is 12.8. The summed E-state index contributed by atoms with van der Waals surface area (Å²) in [5.74, 6) is 0.648. The molecule has 0 radical (unpaired) electrons. The van der Waals surface area contributed by atoms with Gasteiger partial charge in [0.2, 0.25) is 0 Å². The van der Waals surface area contributed by atoms with Crippen LogP contribution in [0.5, 0.6) is 0 Å². The highest BCUT2D eigenvalue weighted by atomic mass is 16.2. The van der Waals surface area contributed by atoms with E-state index in [9.17, 15) is 4.79 Å². The Bertz CT molecular complexity index is 472. The molecule has 5 heteroatoms. The molecule has 0 aliphatic carbocycles. The lowest BCUT2D eigenvalue weighted by Crippen LogP contribution is -2.50. The fraction of sp³-hybridized carbons (Fsp3) is 0.733. The van der Waals surface area contributed by atoms with Crippen molar-refractivity contribution in [2.45, 2.75) is 57.2 Å². The number of hydrogen-bond donors (Lipinski definition) is 1. The van der Waals surface area contributed by atoms with Crippen LogP contribution < -0.4 is 5.32 Å². The molecule has 2 aliphatic rings. The van der Waals surface area contributed by atoms with Gasteiger partial charge in [0, 0.05) is 44.1 Å². The van der Waals surface area contributed by atoms with Gasteiger partial charge in [-0.15, -0.1) is 0 Å². The fourth-order valence-corrected chi connectivity index (χ4v) is 3.67. The normalized spacial score (nSPS) is 28.6. The summed E-state index contributed by atoms with van der Waals surface area (Å²) in [6, 6.07) is 1.58. The van der Waals surface area contributed by atoms with Gasteiger partial charge in [0.15, 0.2) is 5.82 Å². The molecule has 110 valence electrons. The Balaban J connectivity index is 1.78. The van der Waals surface area contributed by atoms with Gasteiger partial charge in [-0.25, -0.2) is 4.98 Å². The molecule has 1 aromatic rings. The molecule has 1 aromatic heterocycles. The molecule has 2 fully saturated rings. The number of aryl methyl sites for hydroxylation is 1. The Morgan fingerprint density at radius 3 is 2.70 bits per heavy atom. The molecule has 20 heavy (non-hydrogen) atoms. The SMILES string of the molecule is CCCN(C(=O)c1nccn1C)C1CC2CCC(C1)N2. The molecule has 3 heterocycles. The summed E-state index contributed by atoms with van der Waals surface area (Å²) >= 11 is 0. The number of amides is 1. The van der Waals surface area contributed by atoms with Crippen molar-refractivity contribution in [2.24, 2.45) is 7.05 Å². The zero-order valence-corrected chi connectivity index (χ0v) is 12.4. The molecule has 2 saturated heterocycles. The van der Waals surface area contributed by atoms with E-state index in [1.54, 1.807) is 6.20 Å². The van der Waals surface area contributed by atoms with Crippen LogP contribution in [-0.4, -0.2) is 45.0 Å². The van der Waals surface area contributed by atoms with Crippen LogP contribution in [0.15, 0.2) is 12.4 Å². The Hall–Kier alpha value is -1.36. The van der Waals surface area contributed by atoms with Crippen LogP contribution in [0, 0.1) is 0 Å². The lowest BCUT2D eigenvalue weighted by molar-refractivity contribution is 0.0600. The number of fused-ring (bicyclic) bond motifs is 2. The third kappa shape index (κ3) is 2.46. The van der Waals surface area contributed by atoms with Crippen molar-refractivity contribution >= 4 is 5.91 Å². The predicted molar refractivity (Wildman–Crippen MR) is 77.5 cm³/mol. The summed E-state index contributed by atoms with van der Waals surface area (Å²) in [5, 5.41) is 3.64. The highest BCUT2D eigenvalue weighted by Gasteiger charge is 2.38. The lowest BCUT2D eigenvalue weighted by Gasteiger charge is -2.37. The lowest BCUT2D eigenvalue weighted by atomic mass is 9.97. The first kappa shape index (κ1) is 13.6. The van der Waals surface area contributed by atoms with Crippen molar-refractivity contribution in [2.75, 3.05) is 6.54 Å². The molecule has 0 aromatic carbocycles. The van der Waals surface area contributed by atoms with E-state index in [1.165, 1.54) is 12.8 Å². The van der Waals surface area contributed by atoms with E-state index in [0.717, 1.165) is 25.8 Å². The van der Waals surface area contributed by atoms with E-state index >= 15 is 0 Å². The molecule has 1 amide bonds. The van der Waals surface area contributed by atoms with E-state index in [4.69, 9.17) is 0 Å². The van der Waals surface area contributed by atoms with Crippen molar-refractivity contribution in [3.8, 4) is 0 Å². The molecular formula is C15H24N4O. The minimum absolute atomic E-state index is 0.0886. The minimum atomic E-state index is 0.0886. The number of imidazole rings is 1. The van der Waals surface area contributed by atoms with Gasteiger partial charge in [-0.3, -0.25) is 4.79 Å². The largest absolute Gasteiger partial charge is 0.333 e. The molecule has 3 rings (SSSR count). The van der Waals surface area contributed by atoms with Gasteiger partial charge in [-0.1, -0.05) is 6.92 Å². The van der Waals surface area contributed by atoms with Crippen LogP contribution >= 0.6 is 0 Å². The Kier molecular flexibility index (Phi) is 3.78. The summed E-state index contributed by atoms with van der Waals surface area (Å²) in [6.45, 7) is 2.96. The second kappa shape index (κ2) is 5.56. The molecule has 0 saturated carbocycles. The second-order valence-electron chi connectivity index (χ2n) is 6.12. The highest BCUT2D eigenvalue weighted by Crippen LogP contribution is 2.30. The van der Waals surface area contributed by atoms with Crippen molar-refractivity contribution in [1.29, 1.82) is 0 Å². The Morgan fingerprint density at radius 1 is 1.45 bits per heavy atom. The standard InChI is InChI=1S/C15H24N4O/c1-3-7-19(15(20)14-16-6-8-18(14)2)13-9-11-4-5-12(10-13)17-11/h6,8,11-13,17H,3-5,7,9-10H2,1-2H3. The monoisotopic (exact) mass is 276 g/mol. The van der Waals surface area contributed by atoms with Gasteiger partial charge in [0.25, 0.3) is 5.91 Å². The van der Waals surface area contributed by atoms with Gasteiger partial charge in [0.1, 0.15) is 0 Å². The molecule has 2 atom stereocenters. The Labute approximate surface area is 120 Å². The number of hydrogen-bond acceptors (Lipinski definition) is 3. The zero-order chi connectivity index (χ0) is 14.1. The summed E-state index contributed by atoms with van der Waals surface area (Å²) < 4.78 is 1.82. The number of rotatable bonds is 4. The van der Waals surface area contributed by atoms with Gasteiger partial charge < -0.3 is 14.8 Å². The molecule has 1 N–H and O–H groups in total. The minimum Gasteiger partial charge on any atom is -0.333 e. The van der Waals surface area contributed by atoms with Crippen LogP contribution in [0.3, 0.4) is 0 Å². The van der Waals surface area contributed by atoms with Crippen LogP contribution in [0.25, 0.3) is 0 Å². The number of nitrogens with one attached hydrogen (secondary N) is 1. The second-order valence-corrected chi connectivity index (χ2v) is 6.12. The summed E-state index contributed by atoms with van der Waals surface area (Å²) in [7, 11) is 1.89.